The predicted molar refractivity (Wildman–Crippen MR) is 75.3 cm³/mol. The largest absolute Gasteiger partial charge is 0.511 e. The first-order valence-electron chi connectivity index (χ1n) is 6.46. The number of nitrogens with one attached hydrogen (secondary N) is 1. The van der Waals surface area contributed by atoms with E-state index in [9.17, 15) is 36.5 Å². The highest BCUT2D eigenvalue weighted by molar-refractivity contribution is 7.90. The first-order valence-corrected chi connectivity index (χ1v) is 7.94. The smallest absolute Gasteiger partial charge is 0.465 e. The molecule has 1 N–H and O–H groups in total. The van der Waals surface area contributed by atoms with Gasteiger partial charge in [0.2, 0.25) is 0 Å². The van der Waals surface area contributed by atoms with Crippen LogP contribution in [0.5, 0.6) is 0 Å². The van der Waals surface area contributed by atoms with Gasteiger partial charge in [0.05, 0.1) is 11.5 Å². The molecule has 0 radical (unpaired) electrons. The van der Waals surface area contributed by atoms with Crippen molar-refractivity contribution in [1.29, 1.82) is 0 Å². The van der Waals surface area contributed by atoms with Crippen LogP contribution in [0.4, 0.5) is 18.9 Å². The molecule has 0 saturated heterocycles. The molecule has 0 amide bonds. The van der Waals surface area contributed by atoms with Crippen LogP contribution in [0.3, 0.4) is 0 Å². The van der Waals surface area contributed by atoms with E-state index in [1.165, 1.54) is 23.8 Å². The van der Waals surface area contributed by atoms with Crippen molar-refractivity contribution in [2.45, 2.75) is 24.9 Å². The molecule has 0 aliphatic heterocycles. The minimum absolute atomic E-state index is 0.163. The Hall–Kier alpha value is -2.21. The number of carbonyl (C=O) groups is 1. The Kier molecular flexibility index (Phi) is 6.26. The molecule has 24 heavy (non-hydrogen) atoms. The highest BCUT2D eigenvalue weighted by atomic mass is 32.2. The van der Waals surface area contributed by atoms with Crippen molar-refractivity contribution in [3.8, 4) is 0 Å². The zero-order valence-corrected chi connectivity index (χ0v) is 13.1. The van der Waals surface area contributed by atoms with Gasteiger partial charge in [-0.1, -0.05) is 12.1 Å². The molecule has 1 aromatic rings. The highest BCUT2D eigenvalue weighted by Gasteiger charge is 2.47. The van der Waals surface area contributed by atoms with Crippen molar-refractivity contribution in [1.82, 2.24) is 4.72 Å². The number of hydrogen-bond donors (Lipinski definition) is 1. The Morgan fingerprint density at radius 3 is 2.29 bits per heavy atom. The van der Waals surface area contributed by atoms with Crippen LogP contribution < -0.4 is 4.72 Å². The Labute approximate surface area is 134 Å². The SMILES string of the molecule is CCOC(=O)C(Cc1ccc([N+](=O)[O-])cc1)NS(=O)(=O)C(F)(F)F. The third-order valence-corrected chi connectivity index (χ3v) is 3.96. The Morgan fingerprint density at radius 1 is 1.33 bits per heavy atom. The summed E-state index contributed by atoms with van der Waals surface area (Å²) in [6.45, 7) is 1.24. The normalized spacial score (nSPS) is 13.3. The third-order valence-electron chi connectivity index (χ3n) is 2.76. The number of esters is 1. The number of hydrogen-bond acceptors (Lipinski definition) is 6. The van der Waals surface area contributed by atoms with Crippen LogP contribution in [-0.2, 0) is 26.0 Å². The fraction of sp³-hybridized carbons (Fsp3) is 0.417. The van der Waals surface area contributed by atoms with Gasteiger partial charge >= 0.3 is 21.5 Å². The summed E-state index contributed by atoms with van der Waals surface area (Å²) < 4.78 is 65.5. The number of carbonyl (C=O) groups excluding carboxylic acids is 1. The number of halogens is 3. The van der Waals surface area contributed by atoms with Crippen molar-refractivity contribution in [3.63, 3.8) is 0 Å². The minimum atomic E-state index is -5.76. The lowest BCUT2D eigenvalue weighted by molar-refractivity contribution is -0.384. The van der Waals surface area contributed by atoms with Crippen molar-refractivity contribution >= 4 is 21.7 Å². The van der Waals surface area contributed by atoms with Crippen LogP contribution in [0.1, 0.15) is 12.5 Å². The zero-order chi connectivity index (χ0) is 18.5. The first kappa shape index (κ1) is 19.8. The molecule has 0 bridgehead atoms. The van der Waals surface area contributed by atoms with Crippen LogP contribution in [-0.4, -0.2) is 37.5 Å². The lowest BCUT2D eigenvalue weighted by Gasteiger charge is -2.18. The van der Waals surface area contributed by atoms with Crippen molar-refractivity contribution in [2.24, 2.45) is 0 Å². The molecule has 12 heteroatoms. The van der Waals surface area contributed by atoms with E-state index in [0.717, 1.165) is 12.1 Å². The van der Waals surface area contributed by atoms with Crippen LogP contribution >= 0.6 is 0 Å². The lowest BCUT2D eigenvalue weighted by atomic mass is 10.1. The average Bonchev–Trinajstić information content (AvgIpc) is 2.46. The number of ether oxygens (including phenoxy) is 1. The van der Waals surface area contributed by atoms with Crippen molar-refractivity contribution < 1.29 is 36.0 Å². The number of nitrogens with zero attached hydrogens (tertiary/aromatic N) is 1. The Bertz CT molecular complexity index is 702. The van der Waals surface area contributed by atoms with Gasteiger partial charge in [0.25, 0.3) is 5.69 Å². The molecule has 8 nitrogen and oxygen atoms in total. The lowest BCUT2D eigenvalue weighted by Crippen LogP contribution is -2.48. The second kappa shape index (κ2) is 7.57. The van der Waals surface area contributed by atoms with Crippen molar-refractivity contribution in [2.75, 3.05) is 6.61 Å². The molecular weight excluding hydrogens is 357 g/mol. The van der Waals surface area contributed by atoms with E-state index in [0.29, 0.717) is 0 Å². The number of benzene rings is 1. The average molecular weight is 370 g/mol. The second-order valence-electron chi connectivity index (χ2n) is 4.50. The molecule has 1 rings (SSSR count). The molecule has 1 atom stereocenters. The molecule has 0 aliphatic rings. The molecule has 0 saturated carbocycles. The third kappa shape index (κ3) is 5.16. The topological polar surface area (TPSA) is 116 Å². The first-order chi connectivity index (χ1) is 11.0. The highest BCUT2D eigenvalue weighted by Crippen LogP contribution is 2.23. The molecule has 134 valence electrons. The molecule has 1 aromatic carbocycles. The number of rotatable bonds is 7. The quantitative estimate of drug-likeness (QED) is 0.442. The summed E-state index contributed by atoms with van der Waals surface area (Å²) in [6.07, 6.45) is -0.466. The van der Waals surface area contributed by atoms with Crippen molar-refractivity contribution in [3.05, 3.63) is 39.9 Å². The maximum absolute atomic E-state index is 12.4. The van der Waals surface area contributed by atoms with Gasteiger partial charge in [-0.25, -0.2) is 8.42 Å². The molecular formula is C12H13F3N2O6S. The number of nitro benzene ring substituents is 1. The van der Waals surface area contributed by atoms with Gasteiger partial charge in [0, 0.05) is 12.1 Å². The van der Waals surface area contributed by atoms with Crippen LogP contribution in [0.15, 0.2) is 24.3 Å². The van der Waals surface area contributed by atoms with Gasteiger partial charge in [-0.15, -0.1) is 0 Å². The van der Waals surface area contributed by atoms with E-state index < -0.39 is 38.9 Å². The summed E-state index contributed by atoms with van der Waals surface area (Å²) in [5.41, 5.74) is -5.64. The predicted octanol–water partition coefficient (Wildman–Crippen LogP) is 1.51. The van der Waals surface area contributed by atoms with E-state index >= 15 is 0 Å². The maximum atomic E-state index is 12.4. The standard InChI is InChI=1S/C12H13F3N2O6S/c1-2-23-11(18)10(16-24(21,22)12(13,14)15)7-8-3-5-9(6-4-8)17(19)20/h3-6,10,16H,2,7H2,1H3. The molecule has 0 heterocycles. The van der Waals surface area contributed by atoms with Gasteiger partial charge in [-0.05, 0) is 18.9 Å². The summed E-state index contributed by atoms with van der Waals surface area (Å²) >= 11 is 0. The van der Waals surface area contributed by atoms with E-state index in [1.54, 1.807) is 0 Å². The summed E-state index contributed by atoms with van der Waals surface area (Å²) in [4.78, 5) is 21.6. The molecule has 0 aromatic heterocycles. The molecule has 0 aliphatic carbocycles. The summed E-state index contributed by atoms with van der Waals surface area (Å²) in [6, 6.07) is 2.74. The Morgan fingerprint density at radius 2 is 1.88 bits per heavy atom. The molecule has 0 spiro atoms. The van der Waals surface area contributed by atoms with Gasteiger partial charge in [-0.3, -0.25) is 14.9 Å². The van der Waals surface area contributed by atoms with Gasteiger partial charge in [0.1, 0.15) is 6.04 Å². The fourth-order valence-corrected chi connectivity index (χ4v) is 2.35. The van der Waals surface area contributed by atoms with Crippen LogP contribution in [0.2, 0.25) is 0 Å². The van der Waals surface area contributed by atoms with E-state index in [-0.39, 0.29) is 17.9 Å². The minimum Gasteiger partial charge on any atom is -0.465 e. The number of non-ortho nitro benzene ring substituents is 1. The monoisotopic (exact) mass is 370 g/mol. The van der Waals surface area contributed by atoms with Crippen LogP contribution in [0, 0.1) is 10.1 Å². The Balaban J connectivity index is 3.02. The zero-order valence-electron chi connectivity index (χ0n) is 12.2. The van der Waals surface area contributed by atoms with Crippen LogP contribution in [0.25, 0.3) is 0 Å². The summed E-state index contributed by atoms with van der Waals surface area (Å²) in [5.74, 6) is -1.19. The molecule has 0 fully saturated rings. The maximum Gasteiger partial charge on any atom is 0.511 e. The van der Waals surface area contributed by atoms with E-state index in [1.807, 2.05) is 0 Å². The summed E-state index contributed by atoms with van der Waals surface area (Å²) in [5, 5.41) is 10.5. The second-order valence-corrected chi connectivity index (χ2v) is 6.20. The van der Waals surface area contributed by atoms with E-state index in [4.69, 9.17) is 0 Å². The van der Waals surface area contributed by atoms with Gasteiger partial charge < -0.3 is 4.74 Å². The number of nitro groups is 1. The number of sulfonamides is 1. The molecule has 1 unspecified atom stereocenters. The van der Waals surface area contributed by atoms with Gasteiger partial charge in [0.15, 0.2) is 0 Å². The van der Waals surface area contributed by atoms with Gasteiger partial charge in [-0.2, -0.15) is 17.9 Å². The fourth-order valence-electron chi connectivity index (χ4n) is 1.66. The van der Waals surface area contributed by atoms with E-state index in [2.05, 4.69) is 4.74 Å². The summed E-state index contributed by atoms with van der Waals surface area (Å²) in [7, 11) is -5.76. The number of alkyl halides is 3.